The fraction of sp³-hybridized carbons (Fsp3) is 0.121. The minimum atomic E-state index is -0.545. The van der Waals surface area contributed by atoms with Crippen LogP contribution in [0.5, 0.6) is 11.5 Å². The first-order chi connectivity index (χ1) is 20.9. The lowest BCUT2D eigenvalue weighted by Gasteiger charge is -2.10. The molecule has 5 aromatic rings. The fourth-order valence-electron chi connectivity index (χ4n) is 4.33. The highest BCUT2D eigenvalue weighted by atomic mass is 35.5. The number of halogens is 1. The molecule has 0 saturated heterocycles. The van der Waals surface area contributed by atoms with Crippen molar-refractivity contribution in [3.8, 4) is 17.2 Å². The molecule has 218 valence electrons. The molecule has 0 bridgehead atoms. The molecule has 0 aliphatic rings. The van der Waals surface area contributed by atoms with E-state index in [9.17, 15) is 9.59 Å². The van der Waals surface area contributed by atoms with E-state index in [1.807, 2.05) is 42.5 Å². The second kappa shape index (κ2) is 13.6. The predicted molar refractivity (Wildman–Crippen MR) is 165 cm³/mol. The van der Waals surface area contributed by atoms with Gasteiger partial charge in [0.15, 0.2) is 12.4 Å². The van der Waals surface area contributed by atoms with E-state index in [1.54, 1.807) is 42.5 Å². The number of hydrazone groups is 1. The Hall–Kier alpha value is -5.28. The lowest BCUT2D eigenvalue weighted by molar-refractivity contribution is -0.118. The summed E-state index contributed by atoms with van der Waals surface area (Å²) in [5.74, 6) is 0.731. The zero-order chi connectivity index (χ0) is 30.2. The first kappa shape index (κ1) is 29.2. The third-order valence-electron chi connectivity index (χ3n) is 6.39. The predicted octanol–water partition coefficient (Wildman–Crippen LogP) is 6.70. The van der Waals surface area contributed by atoms with Gasteiger partial charge in [-0.1, -0.05) is 29.8 Å². The average molecular weight is 597 g/mol. The van der Waals surface area contributed by atoms with Crippen LogP contribution >= 0.6 is 11.6 Å². The number of rotatable bonds is 11. The first-order valence-electron chi connectivity index (χ1n) is 13.4. The highest BCUT2D eigenvalue weighted by Gasteiger charge is 2.12. The van der Waals surface area contributed by atoms with Crippen LogP contribution in [-0.2, 0) is 11.4 Å². The summed E-state index contributed by atoms with van der Waals surface area (Å²) in [4.78, 5) is 24.9. The maximum Gasteiger partial charge on any atom is 0.307 e. The Morgan fingerprint density at radius 1 is 0.907 bits per heavy atom. The number of ether oxygens (including phenoxy) is 2. The summed E-state index contributed by atoms with van der Waals surface area (Å²) in [5, 5.41) is 7.19. The van der Waals surface area contributed by atoms with Gasteiger partial charge in [-0.15, -0.1) is 0 Å². The van der Waals surface area contributed by atoms with E-state index in [2.05, 4.69) is 46.4 Å². The lowest BCUT2D eigenvalue weighted by Crippen LogP contribution is -2.20. The second-order valence-electron chi connectivity index (χ2n) is 9.58. The number of aromatic nitrogens is 1. The van der Waals surface area contributed by atoms with Crippen LogP contribution in [0.15, 0.2) is 107 Å². The van der Waals surface area contributed by atoms with Crippen molar-refractivity contribution in [2.24, 2.45) is 5.10 Å². The minimum absolute atomic E-state index is 0.0739. The van der Waals surface area contributed by atoms with Crippen LogP contribution in [0.25, 0.3) is 5.69 Å². The molecule has 43 heavy (non-hydrogen) atoms. The van der Waals surface area contributed by atoms with Crippen molar-refractivity contribution in [2.45, 2.75) is 20.5 Å². The number of nitrogens with one attached hydrogen (secondary N) is 2. The van der Waals surface area contributed by atoms with Gasteiger partial charge in [0, 0.05) is 33.3 Å². The molecule has 0 radical (unpaired) electrons. The Morgan fingerprint density at radius 2 is 1.65 bits per heavy atom. The number of nitrogens with zero attached hydrogens (tertiary/aromatic N) is 2. The van der Waals surface area contributed by atoms with E-state index >= 15 is 0 Å². The number of furan rings is 1. The summed E-state index contributed by atoms with van der Waals surface area (Å²) in [7, 11) is 0. The Kier molecular flexibility index (Phi) is 9.23. The minimum Gasteiger partial charge on any atom is -0.486 e. The second-order valence-corrected chi connectivity index (χ2v) is 10.0. The van der Waals surface area contributed by atoms with E-state index < -0.39 is 5.91 Å². The molecular formula is C33H29ClN4O5. The average Bonchev–Trinajstić information content (AvgIpc) is 3.62. The van der Waals surface area contributed by atoms with Crippen molar-refractivity contribution < 1.29 is 23.5 Å². The summed E-state index contributed by atoms with van der Waals surface area (Å²) < 4.78 is 19.3. The van der Waals surface area contributed by atoms with Crippen molar-refractivity contribution in [3.05, 3.63) is 131 Å². The van der Waals surface area contributed by atoms with Gasteiger partial charge in [0.25, 0.3) is 5.91 Å². The highest BCUT2D eigenvalue weighted by Crippen LogP contribution is 2.23. The first-order valence-corrected chi connectivity index (χ1v) is 13.8. The third kappa shape index (κ3) is 7.72. The SMILES string of the molecule is Cc1ccc(C)n1-c1ccc(OCc2ccc(C(=O)N/N=C/c3cc(Cl)ccc3OCC(=O)Nc3ccccc3)o2)cc1. The molecule has 0 unspecified atom stereocenters. The van der Waals surface area contributed by atoms with E-state index in [0.717, 1.165) is 17.1 Å². The van der Waals surface area contributed by atoms with E-state index in [4.69, 9.17) is 25.5 Å². The molecule has 0 saturated carbocycles. The van der Waals surface area contributed by atoms with Gasteiger partial charge in [0.2, 0.25) is 0 Å². The molecule has 0 aliphatic heterocycles. The molecule has 3 aromatic carbocycles. The van der Waals surface area contributed by atoms with Crippen LogP contribution < -0.4 is 20.2 Å². The van der Waals surface area contributed by atoms with Gasteiger partial charge in [-0.2, -0.15) is 5.10 Å². The summed E-state index contributed by atoms with van der Waals surface area (Å²) >= 11 is 6.13. The Morgan fingerprint density at radius 3 is 2.40 bits per heavy atom. The number of aryl methyl sites for hydroxylation is 2. The molecule has 0 atom stereocenters. The topological polar surface area (TPSA) is 107 Å². The molecular weight excluding hydrogens is 568 g/mol. The van der Waals surface area contributed by atoms with E-state index in [0.29, 0.717) is 33.5 Å². The van der Waals surface area contributed by atoms with Crippen LogP contribution in [0.2, 0.25) is 5.02 Å². The molecule has 10 heteroatoms. The van der Waals surface area contributed by atoms with E-state index in [1.165, 1.54) is 6.21 Å². The smallest absolute Gasteiger partial charge is 0.307 e. The van der Waals surface area contributed by atoms with Crippen molar-refractivity contribution in [1.82, 2.24) is 9.99 Å². The number of carbonyl (C=O) groups excluding carboxylic acids is 2. The molecule has 9 nitrogen and oxygen atoms in total. The van der Waals surface area contributed by atoms with Crippen molar-refractivity contribution in [3.63, 3.8) is 0 Å². The van der Waals surface area contributed by atoms with Gasteiger partial charge >= 0.3 is 5.91 Å². The molecule has 2 amide bonds. The molecule has 0 fully saturated rings. The van der Waals surface area contributed by atoms with Gasteiger partial charge in [0.05, 0.1) is 6.21 Å². The lowest BCUT2D eigenvalue weighted by atomic mass is 10.2. The maximum absolute atomic E-state index is 12.6. The van der Waals surface area contributed by atoms with Crippen LogP contribution in [0.4, 0.5) is 5.69 Å². The summed E-state index contributed by atoms with van der Waals surface area (Å²) in [6.45, 7) is 4.05. The molecule has 5 rings (SSSR count). The van der Waals surface area contributed by atoms with Gasteiger partial charge in [0.1, 0.15) is 23.9 Å². The fourth-order valence-corrected chi connectivity index (χ4v) is 4.51. The van der Waals surface area contributed by atoms with Gasteiger partial charge < -0.3 is 23.8 Å². The number of carbonyl (C=O) groups is 2. The number of hydrogen-bond donors (Lipinski definition) is 2. The molecule has 2 N–H and O–H groups in total. The highest BCUT2D eigenvalue weighted by molar-refractivity contribution is 6.30. The Bertz CT molecular complexity index is 1720. The quantitative estimate of drug-likeness (QED) is 0.130. The number of amides is 2. The van der Waals surface area contributed by atoms with Gasteiger partial charge in [-0.25, -0.2) is 5.43 Å². The monoisotopic (exact) mass is 596 g/mol. The van der Waals surface area contributed by atoms with Crippen LogP contribution in [0.1, 0.15) is 33.3 Å². The van der Waals surface area contributed by atoms with Crippen LogP contribution in [-0.4, -0.2) is 29.2 Å². The van der Waals surface area contributed by atoms with Gasteiger partial charge in [-0.05, 0) is 92.7 Å². The number of hydrogen-bond acceptors (Lipinski definition) is 6. The number of para-hydroxylation sites is 1. The molecule has 2 heterocycles. The maximum atomic E-state index is 12.6. The Labute approximate surface area is 253 Å². The van der Waals surface area contributed by atoms with E-state index in [-0.39, 0.29) is 24.9 Å². The summed E-state index contributed by atoms with van der Waals surface area (Å²) in [5.41, 5.74) is 6.92. The molecule has 2 aromatic heterocycles. The summed E-state index contributed by atoms with van der Waals surface area (Å²) in [6, 6.07) is 29.1. The largest absolute Gasteiger partial charge is 0.486 e. The van der Waals surface area contributed by atoms with Crippen molar-refractivity contribution >= 4 is 35.3 Å². The standard InChI is InChI=1S/C33H29ClN4O5/c1-22-8-9-23(2)38(22)27-11-13-28(14-12-27)41-20-29-15-17-31(43-29)33(40)37-35-19-24-18-25(34)10-16-30(24)42-21-32(39)36-26-6-4-3-5-7-26/h3-19H,20-21H2,1-2H3,(H,36,39)(H,37,40)/b35-19+. The molecule has 0 aliphatic carbocycles. The summed E-state index contributed by atoms with van der Waals surface area (Å²) in [6.07, 6.45) is 1.38. The third-order valence-corrected chi connectivity index (χ3v) is 6.63. The normalized spacial score (nSPS) is 11.0. The number of benzene rings is 3. The number of anilines is 1. The zero-order valence-corrected chi connectivity index (χ0v) is 24.3. The van der Waals surface area contributed by atoms with Crippen molar-refractivity contribution in [2.75, 3.05) is 11.9 Å². The van der Waals surface area contributed by atoms with Crippen LogP contribution in [0.3, 0.4) is 0 Å². The van der Waals surface area contributed by atoms with Crippen molar-refractivity contribution in [1.29, 1.82) is 0 Å². The zero-order valence-electron chi connectivity index (χ0n) is 23.5. The van der Waals surface area contributed by atoms with Gasteiger partial charge in [-0.3, -0.25) is 9.59 Å². The van der Waals surface area contributed by atoms with Crippen LogP contribution in [0, 0.1) is 13.8 Å². The molecule has 0 spiro atoms. The Balaban J connectivity index is 1.13.